The van der Waals surface area contributed by atoms with Crippen LogP contribution in [0.3, 0.4) is 0 Å². The molecule has 0 spiro atoms. The van der Waals surface area contributed by atoms with Crippen LogP contribution >= 0.6 is 0 Å². The van der Waals surface area contributed by atoms with Crippen LogP contribution in [0.5, 0.6) is 0 Å². The number of Topliss-reactive ketones (excluding diaryl/α,β-unsaturated/α-hetero) is 1. The summed E-state index contributed by atoms with van der Waals surface area (Å²) < 4.78 is 5.60. The predicted octanol–water partition coefficient (Wildman–Crippen LogP) is 3.98. The van der Waals surface area contributed by atoms with Gasteiger partial charge in [0.05, 0.1) is 5.60 Å². The number of rotatable bonds is 6. The van der Waals surface area contributed by atoms with Crippen LogP contribution in [0.15, 0.2) is 0 Å². The monoisotopic (exact) mass is 228 g/mol. The van der Waals surface area contributed by atoms with Crippen molar-refractivity contribution in [3.63, 3.8) is 0 Å². The Kier molecular flexibility index (Phi) is 6.24. The summed E-state index contributed by atoms with van der Waals surface area (Å²) in [5.74, 6) is 0.378. The van der Waals surface area contributed by atoms with Gasteiger partial charge in [-0.05, 0) is 39.0 Å². The van der Waals surface area contributed by atoms with E-state index in [2.05, 4.69) is 41.5 Å². The second kappa shape index (κ2) is 6.39. The van der Waals surface area contributed by atoms with Gasteiger partial charge in [0.2, 0.25) is 0 Å². The Morgan fingerprint density at radius 1 is 1.00 bits per heavy atom. The zero-order valence-corrected chi connectivity index (χ0v) is 11.9. The molecule has 0 aromatic carbocycles. The Labute approximate surface area is 101 Å². The zero-order chi connectivity index (χ0) is 12.8. The highest BCUT2D eigenvalue weighted by atomic mass is 16.5. The first-order valence-electron chi connectivity index (χ1n) is 6.26. The summed E-state index contributed by atoms with van der Waals surface area (Å²) in [6, 6.07) is 0. The van der Waals surface area contributed by atoms with Gasteiger partial charge in [-0.1, -0.05) is 20.8 Å². The van der Waals surface area contributed by atoms with E-state index in [4.69, 9.17) is 4.74 Å². The lowest BCUT2D eigenvalue weighted by atomic mass is 9.88. The molecular formula is C14H28O2. The smallest absolute Gasteiger partial charge is 0.133 e. The van der Waals surface area contributed by atoms with E-state index >= 15 is 0 Å². The van der Waals surface area contributed by atoms with Crippen LogP contribution in [0, 0.1) is 5.41 Å². The Morgan fingerprint density at radius 3 is 2.00 bits per heavy atom. The lowest BCUT2D eigenvalue weighted by Gasteiger charge is -2.19. The number of hydrogen-bond donors (Lipinski definition) is 0. The first-order chi connectivity index (χ1) is 7.10. The molecule has 0 amide bonds. The summed E-state index contributed by atoms with van der Waals surface area (Å²) in [6.07, 6.45) is 3.32. The van der Waals surface area contributed by atoms with Crippen molar-refractivity contribution in [1.29, 1.82) is 0 Å². The molecule has 2 heteroatoms. The SMILES string of the molecule is CC(C)(C)CC(=O)CCCCOC(C)(C)C. The number of carbonyl (C=O) groups is 1. The molecule has 0 bridgehead atoms. The molecule has 0 heterocycles. The van der Waals surface area contributed by atoms with Crippen molar-refractivity contribution >= 4 is 5.78 Å². The van der Waals surface area contributed by atoms with Gasteiger partial charge in [0.1, 0.15) is 5.78 Å². The van der Waals surface area contributed by atoms with Gasteiger partial charge in [0.15, 0.2) is 0 Å². The maximum absolute atomic E-state index is 11.6. The molecule has 0 saturated carbocycles. The minimum Gasteiger partial charge on any atom is -0.376 e. The Balaban J connectivity index is 3.50. The summed E-state index contributed by atoms with van der Waals surface area (Å²) in [6.45, 7) is 13.2. The first kappa shape index (κ1) is 15.6. The fourth-order valence-corrected chi connectivity index (χ4v) is 1.48. The van der Waals surface area contributed by atoms with Gasteiger partial charge in [-0.2, -0.15) is 0 Å². The molecule has 0 aromatic heterocycles. The summed E-state index contributed by atoms with van der Waals surface area (Å²) in [5.41, 5.74) is 0.0639. The highest BCUT2D eigenvalue weighted by Crippen LogP contribution is 2.20. The van der Waals surface area contributed by atoms with E-state index in [9.17, 15) is 4.79 Å². The molecule has 0 fully saturated rings. The van der Waals surface area contributed by atoms with Crippen molar-refractivity contribution in [1.82, 2.24) is 0 Å². The standard InChI is InChI=1S/C14H28O2/c1-13(2,3)11-12(15)9-7-8-10-16-14(4,5)6/h7-11H2,1-6H3. The van der Waals surface area contributed by atoms with E-state index in [1.807, 2.05) is 0 Å². The molecule has 0 aliphatic rings. The Morgan fingerprint density at radius 2 is 1.56 bits per heavy atom. The molecular weight excluding hydrogens is 200 g/mol. The molecule has 16 heavy (non-hydrogen) atoms. The zero-order valence-electron chi connectivity index (χ0n) is 11.9. The maximum Gasteiger partial charge on any atom is 0.133 e. The molecule has 0 atom stereocenters. The van der Waals surface area contributed by atoms with Crippen molar-refractivity contribution in [2.45, 2.75) is 72.8 Å². The molecule has 0 radical (unpaired) electrons. The fourth-order valence-electron chi connectivity index (χ4n) is 1.48. The van der Waals surface area contributed by atoms with Crippen LogP contribution in [-0.4, -0.2) is 18.0 Å². The summed E-state index contributed by atoms with van der Waals surface area (Å²) >= 11 is 0. The molecule has 0 N–H and O–H groups in total. The van der Waals surface area contributed by atoms with Gasteiger partial charge in [-0.25, -0.2) is 0 Å². The summed E-state index contributed by atoms with van der Waals surface area (Å²) in [4.78, 5) is 11.6. The first-order valence-corrected chi connectivity index (χ1v) is 6.26. The topological polar surface area (TPSA) is 26.3 Å². The maximum atomic E-state index is 11.6. The number of hydrogen-bond acceptors (Lipinski definition) is 2. The predicted molar refractivity (Wildman–Crippen MR) is 68.6 cm³/mol. The molecule has 2 nitrogen and oxygen atoms in total. The third kappa shape index (κ3) is 11.7. The Hall–Kier alpha value is -0.370. The number of ketones is 1. The molecule has 0 aliphatic carbocycles. The van der Waals surface area contributed by atoms with Crippen LogP contribution in [0.1, 0.15) is 67.2 Å². The fraction of sp³-hybridized carbons (Fsp3) is 0.929. The van der Waals surface area contributed by atoms with Crippen molar-refractivity contribution in [2.75, 3.05) is 6.61 Å². The van der Waals surface area contributed by atoms with E-state index in [0.29, 0.717) is 18.6 Å². The van der Waals surface area contributed by atoms with Crippen molar-refractivity contribution < 1.29 is 9.53 Å². The summed E-state index contributed by atoms with van der Waals surface area (Å²) in [5, 5.41) is 0. The van der Waals surface area contributed by atoms with Crippen LogP contribution in [0.4, 0.5) is 0 Å². The second-order valence-corrected chi connectivity index (χ2v) is 6.69. The van der Waals surface area contributed by atoms with Gasteiger partial charge >= 0.3 is 0 Å². The lowest BCUT2D eigenvalue weighted by Crippen LogP contribution is -2.19. The van der Waals surface area contributed by atoms with Crippen molar-refractivity contribution in [2.24, 2.45) is 5.41 Å². The minimum atomic E-state index is -0.0601. The number of ether oxygens (including phenoxy) is 1. The minimum absolute atomic E-state index is 0.0601. The van der Waals surface area contributed by atoms with E-state index in [0.717, 1.165) is 19.4 Å². The normalized spacial score (nSPS) is 12.9. The number of carbonyl (C=O) groups excluding carboxylic acids is 1. The van der Waals surface area contributed by atoms with Crippen molar-refractivity contribution in [3.8, 4) is 0 Å². The van der Waals surface area contributed by atoms with Crippen LogP contribution < -0.4 is 0 Å². The van der Waals surface area contributed by atoms with Gasteiger partial charge in [-0.3, -0.25) is 4.79 Å². The molecule has 0 rings (SSSR count). The van der Waals surface area contributed by atoms with Crippen LogP contribution in [0.25, 0.3) is 0 Å². The average Bonchev–Trinajstić information content (AvgIpc) is 1.97. The van der Waals surface area contributed by atoms with Crippen LogP contribution in [0.2, 0.25) is 0 Å². The van der Waals surface area contributed by atoms with E-state index in [1.165, 1.54) is 0 Å². The van der Waals surface area contributed by atoms with Gasteiger partial charge < -0.3 is 4.74 Å². The Bertz CT molecular complexity index is 206. The third-order valence-electron chi connectivity index (χ3n) is 2.11. The highest BCUT2D eigenvalue weighted by Gasteiger charge is 2.15. The second-order valence-electron chi connectivity index (χ2n) is 6.69. The van der Waals surface area contributed by atoms with E-state index in [-0.39, 0.29) is 11.0 Å². The van der Waals surface area contributed by atoms with Gasteiger partial charge in [0, 0.05) is 19.4 Å². The summed E-state index contributed by atoms with van der Waals surface area (Å²) in [7, 11) is 0. The van der Waals surface area contributed by atoms with Crippen molar-refractivity contribution in [3.05, 3.63) is 0 Å². The van der Waals surface area contributed by atoms with E-state index in [1.54, 1.807) is 0 Å². The quantitative estimate of drug-likeness (QED) is 0.643. The number of unbranched alkanes of at least 4 members (excludes halogenated alkanes) is 1. The van der Waals surface area contributed by atoms with Crippen LogP contribution in [-0.2, 0) is 9.53 Å². The van der Waals surface area contributed by atoms with Gasteiger partial charge in [0.25, 0.3) is 0 Å². The molecule has 0 aliphatic heterocycles. The highest BCUT2D eigenvalue weighted by molar-refractivity contribution is 5.78. The molecule has 0 aromatic rings. The van der Waals surface area contributed by atoms with E-state index < -0.39 is 0 Å². The third-order valence-corrected chi connectivity index (χ3v) is 2.11. The lowest BCUT2D eigenvalue weighted by molar-refractivity contribution is -0.120. The molecule has 0 unspecified atom stereocenters. The molecule has 96 valence electrons. The average molecular weight is 228 g/mol. The largest absolute Gasteiger partial charge is 0.376 e. The molecule has 0 saturated heterocycles. The van der Waals surface area contributed by atoms with Gasteiger partial charge in [-0.15, -0.1) is 0 Å².